The Morgan fingerprint density at radius 3 is 2.89 bits per heavy atom. The van der Waals surface area contributed by atoms with Crippen molar-refractivity contribution >= 4 is 15.7 Å². The van der Waals surface area contributed by atoms with Crippen LogP contribution in [0.15, 0.2) is 23.4 Å². The van der Waals surface area contributed by atoms with Crippen molar-refractivity contribution in [1.29, 1.82) is 0 Å². The number of nitrogens with two attached hydrogens (primary N) is 1. The Bertz CT molecular complexity index is 532. The van der Waals surface area contributed by atoms with Crippen molar-refractivity contribution in [1.82, 2.24) is 9.71 Å². The molecule has 19 heavy (non-hydrogen) atoms. The number of hydrogen-bond donors (Lipinski definition) is 3. The van der Waals surface area contributed by atoms with Crippen molar-refractivity contribution in [3.63, 3.8) is 0 Å². The molecule has 106 valence electrons. The minimum atomic E-state index is -3.56. The molecule has 2 atom stereocenters. The number of pyridine rings is 1. The molecule has 1 fully saturated rings. The summed E-state index contributed by atoms with van der Waals surface area (Å²) in [6.07, 6.45) is 6.13. The molecule has 1 aromatic heterocycles. The summed E-state index contributed by atoms with van der Waals surface area (Å²) in [6.45, 7) is 2.68. The lowest BCUT2D eigenvalue weighted by molar-refractivity contribution is 0.498. The van der Waals surface area contributed by atoms with E-state index in [4.69, 9.17) is 5.84 Å². The van der Waals surface area contributed by atoms with Crippen LogP contribution in [0.2, 0.25) is 0 Å². The first kappa shape index (κ1) is 14.2. The van der Waals surface area contributed by atoms with Crippen LogP contribution in [0, 0.1) is 11.8 Å². The molecule has 0 bridgehead atoms. The van der Waals surface area contributed by atoms with Crippen molar-refractivity contribution < 1.29 is 8.42 Å². The minimum Gasteiger partial charge on any atom is -0.323 e. The van der Waals surface area contributed by atoms with E-state index >= 15 is 0 Å². The zero-order valence-electron chi connectivity index (χ0n) is 11.0. The lowest BCUT2D eigenvalue weighted by atomic mass is 10.1. The van der Waals surface area contributed by atoms with Gasteiger partial charge in [0.1, 0.15) is 4.90 Å². The van der Waals surface area contributed by atoms with Crippen LogP contribution in [0.4, 0.5) is 5.69 Å². The molecule has 1 heterocycles. The van der Waals surface area contributed by atoms with E-state index in [0.29, 0.717) is 24.1 Å². The normalized spacial score (nSPS) is 23.5. The molecule has 7 heteroatoms. The highest BCUT2D eigenvalue weighted by atomic mass is 32.2. The van der Waals surface area contributed by atoms with E-state index in [1.807, 2.05) is 0 Å². The van der Waals surface area contributed by atoms with Gasteiger partial charge in [-0.1, -0.05) is 13.3 Å². The third-order valence-electron chi connectivity index (χ3n) is 3.59. The zero-order chi connectivity index (χ0) is 13.9. The largest absolute Gasteiger partial charge is 0.323 e. The molecule has 0 spiro atoms. The average Bonchev–Trinajstić information content (AvgIpc) is 2.82. The first-order valence-electron chi connectivity index (χ1n) is 6.43. The summed E-state index contributed by atoms with van der Waals surface area (Å²) in [5.74, 6) is 6.43. The maximum atomic E-state index is 12.2. The summed E-state index contributed by atoms with van der Waals surface area (Å²) >= 11 is 0. The second kappa shape index (κ2) is 5.85. The molecule has 1 aliphatic rings. The molecule has 1 saturated carbocycles. The van der Waals surface area contributed by atoms with Crippen LogP contribution < -0.4 is 16.0 Å². The van der Waals surface area contributed by atoms with Crippen LogP contribution in [-0.2, 0) is 10.0 Å². The Morgan fingerprint density at radius 2 is 2.26 bits per heavy atom. The second-order valence-electron chi connectivity index (χ2n) is 5.15. The smallest absolute Gasteiger partial charge is 0.244 e. The predicted octanol–water partition coefficient (Wildman–Crippen LogP) is 1.08. The van der Waals surface area contributed by atoms with Gasteiger partial charge in [-0.2, -0.15) is 0 Å². The zero-order valence-corrected chi connectivity index (χ0v) is 11.8. The van der Waals surface area contributed by atoms with Gasteiger partial charge in [-0.3, -0.25) is 10.8 Å². The minimum absolute atomic E-state index is 0.0866. The molecule has 2 unspecified atom stereocenters. The fraction of sp³-hybridized carbons (Fsp3) is 0.583. The molecule has 0 saturated heterocycles. The van der Waals surface area contributed by atoms with Gasteiger partial charge in [0.25, 0.3) is 0 Å². The van der Waals surface area contributed by atoms with Crippen molar-refractivity contribution in [3.8, 4) is 0 Å². The number of nitrogens with one attached hydrogen (secondary N) is 2. The van der Waals surface area contributed by atoms with Crippen molar-refractivity contribution in [2.75, 3.05) is 12.0 Å². The number of hydrogen-bond acceptors (Lipinski definition) is 5. The number of hydrazine groups is 1. The van der Waals surface area contributed by atoms with Crippen molar-refractivity contribution in [3.05, 3.63) is 18.5 Å². The number of nitrogen functional groups attached to an aromatic ring is 1. The summed E-state index contributed by atoms with van der Waals surface area (Å²) in [4.78, 5) is 3.92. The molecule has 0 aliphatic heterocycles. The fourth-order valence-corrected chi connectivity index (χ4v) is 3.76. The molecule has 1 aromatic rings. The van der Waals surface area contributed by atoms with E-state index in [1.54, 1.807) is 0 Å². The first-order valence-corrected chi connectivity index (χ1v) is 7.91. The molecule has 2 rings (SSSR count). The monoisotopic (exact) mass is 284 g/mol. The van der Waals surface area contributed by atoms with Crippen LogP contribution in [-0.4, -0.2) is 19.9 Å². The summed E-state index contributed by atoms with van der Waals surface area (Å²) in [5, 5.41) is 0. The van der Waals surface area contributed by atoms with Gasteiger partial charge in [-0.15, -0.1) is 0 Å². The van der Waals surface area contributed by atoms with Crippen LogP contribution in [0.25, 0.3) is 0 Å². The summed E-state index contributed by atoms with van der Waals surface area (Å²) in [7, 11) is -3.56. The Kier molecular flexibility index (Phi) is 4.38. The number of rotatable bonds is 5. The lowest BCUT2D eigenvalue weighted by Crippen LogP contribution is -2.29. The van der Waals surface area contributed by atoms with E-state index in [-0.39, 0.29) is 4.90 Å². The van der Waals surface area contributed by atoms with E-state index in [0.717, 1.165) is 12.8 Å². The molecular weight excluding hydrogens is 264 g/mol. The van der Waals surface area contributed by atoms with Crippen LogP contribution in [0.3, 0.4) is 0 Å². The Labute approximate surface area is 113 Å². The summed E-state index contributed by atoms with van der Waals surface area (Å²) in [6, 6.07) is 1.53. The maximum Gasteiger partial charge on any atom is 0.244 e. The molecule has 0 radical (unpaired) electrons. The van der Waals surface area contributed by atoms with Gasteiger partial charge >= 0.3 is 0 Å². The second-order valence-corrected chi connectivity index (χ2v) is 6.89. The van der Waals surface area contributed by atoms with Gasteiger partial charge in [0, 0.05) is 18.9 Å². The predicted molar refractivity (Wildman–Crippen MR) is 73.7 cm³/mol. The third kappa shape index (κ3) is 3.43. The molecule has 0 aromatic carbocycles. The first-order chi connectivity index (χ1) is 9.03. The van der Waals surface area contributed by atoms with Gasteiger partial charge < -0.3 is 5.43 Å². The number of anilines is 1. The lowest BCUT2D eigenvalue weighted by Gasteiger charge is -2.13. The molecule has 0 amide bonds. The molecule has 4 N–H and O–H groups in total. The van der Waals surface area contributed by atoms with Gasteiger partial charge in [0.2, 0.25) is 10.0 Å². The van der Waals surface area contributed by atoms with E-state index in [9.17, 15) is 8.42 Å². The quantitative estimate of drug-likeness (QED) is 0.555. The maximum absolute atomic E-state index is 12.2. The van der Waals surface area contributed by atoms with Gasteiger partial charge in [0.15, 0.2) is 0 Å². The van der Waals surface area contributed by atoms with Crippen molar-refractivity contribution in [2.45, 2.75) is 31.1 Å². The Hall–Kier alpha value is -1.18. The molecule has 6 nitrogen and oxygen atoms in total. The topological polar surface area (TPSA) is 97.1 Å². The molecule has 1 aliphatic carbocycles. The van der Waals surface area contributed by atoms with E-state index < -0.39 is 10.0 Å². The highest BCUT2D eigenvalue weighted by Crippen LogP contribution is 2.30. The summed E-state index contributed by atoms with van der Waals surface area (Å²) in [5.41, 5.74) is 2.73. The number of nitrogens with zero attached hydrogens (tertiary/aromatic N) is 1. The third-order valence-corrected chi connectivity index (χ3v) is 5.05. The van der Waals surface area contributed by atoms with Crippen LogP contribution in [0.1, 0.15) is 26.2 Å². The number of aromatic nitrogens is 1. The fourth-order valence-electron chi connectivity index (χ4n) is 2.53. The van der Waals surface area contributed by atoms with Crippen LogP contribution >= 0.6 is 0 Å². The van der Waals surface area contributed by atoms with Crippen molar-refractivity contribution in [2.24, 2.45) is 17.7 Å². The van der Waals surface area contributed by atoms with E-state index in [1.165, 1.54) is 24.9 Å². The van der Waals surface area contributed by atoms with Gasteiger partial charge in [0.05, 0.1) is 5.69 Å². The van der Waals surface area contributed by atoms with Crippen LogP contribution in [0.5, 0.6) is 0 Å². The van der Waals surface area contributed by atoms with Gasteiger partial charge in [-0.25, -0.2) is 13.1 Å². The summed E-state index contributed by atoms with van der Waals surface area (Å²) < 4.78 is 27.1. The highest BCUT2D eigenvalue weighted by Gasteiger charge is 2.24. The average molecular weight is 284 g/mol. The Morgan fingerprint density at radius 1 is 1.47 bits per heavy atom. The standard InChI is InChI=1S/C12H20N4O2S/c1-9-2-3-10(6-9)7-15-19(17,18)12-8-14-5-4-11(12)16-13/h4-5,8-10,15H,2-3,6-7,13H2,1H3,(H,14,16). The van der Waals surface area contributed by atoms with Gasteiger partial charge in [-0.05, 0) is 30.7 Å². The highest BCUT2D eigenvalue weighted by molar-refractivity contribution is 7.89. The molecular formula is C12H20N4O2S. The SMILES string of the molecule is CC1CCC(CNS(=O)(=O)c2cnccc2NN)C1. The Balaban J connectivity index is 2.06. The van der Waals surface area contributed by atoms with E-state index in [2.05, 4.69) is 22.1 Å². The number of sulfonamides is 1.